The van der Waals surface area contributed by atoms with Gasteiger partial charge in [0.05, 0.1) is 22.7 Å². The second-order valence-electron chi connectivity index (χ2n) is 3.91. The maximum Gasteiger partial charge on any atom is 0.332 e. The molecule has 2 rings (SSSR count). The van der Waals surface area contributed by atoms with Crippen LogP contribution in [0.15, 0.2) is 15.8 Å². The summed E-state index contributed by atoms with van der Waals surface area (Å²) < 4.78 is 20.0. The minimum absolute atomic E-state index is 0.106. The minimum atomic E-state index is -2.58. The van der Waals surface area contributed by atoms with E-state index in [1.807, 2.05) is 4.98 Å². The number of H-pyrrole nitrogens is 1. The third-order valence-corrected chi connectivity index (χ3v) is 3.43. The van der Waals surface area contributed by atoms with Gasteiger partial charge in [0.25, 0.3) is 11.5 Å². The van der Waals surface area contributed by atoms with E-state index < -0.39 is 42.5 Å². The van der Waals surface area contributed by atoms with Crippen molar-refractivity contribution in [3.63, 3.8) is 0 Å². The van der Waals surface area contributed by atoms with Crippen LogP contribution >= 0.6 is 22.6 Å². The van der Waals surface area contributed by atoms with Crippen molar-refractivity contribution in [1.82, 2.24) is 9.55 Å². The number of aliphatic hydroxyl groups excluding tert-OH is 2. The highest BCUT2D eigenvalue weighted by atomic mass is 127. The standard InChI is InChI=1S/C9H10FIN2O5/c10-9(1-5(15)6(3-14)18-9)13-2-4(11)7(16)12-8(13)17/h2,5-6,14-15H,1,3H2,(H,12,16,17)/t5-,6+,9-/m0/s1. The van der Waals surface area contributed by atoms with Crippen LogP contribution in [0.4, 0.5) is 4.39 Å². The number of nitrogens with zero attached hydrogens (tertiary/aromatic N) is 1. The molecule has 2 heterocycles. The van der Waals surface area contributed by atoms with Gasteiger partial charge in [0.2, 0.25) is 0 Å². The summed E-state index contributed by atoms with van der Waals surface area (Å²) in [4.78, 5) is 24.6. The fraction of sp³-hybridized carbons (Fsp3) is 0.556. The van der Waals surface area contributed by atoms with E-state index >= 15 is 0 Å². The molecule has 0 bridgehead atoms. The molecule has 0 unspecified atom stereocenters. The Hall–Kier alpha value is -0.780. The summed E-state index contributed by atoms with van der Waals surface area (Å²) in [6.07, 6.45) is -1.82. The molecular weight excluding hydrogens is 362 g/mol. The summed E-state index contributed by atoms with van der Waals surface area (Å²) in [5.74, 6) is -2.58. The van der Waals surface area contributed by atoms with Crippen molar-refractivity contribution in [3.05, 3.63) is 30.6 Å². The zero-order chi connectivity index (χ0) is 13.5. The number of alkyl halides is 1. The highest BCUT2D eigenvalue weighted by Gasteiger charge is 2.48. The molecule has 3 atom stereocenters. The normalized spacial score (nSPS) is 31.8. The molecule has 9 heteroatoms. The Labute approximate surface area is 113 Å². The first-order valence-corrected chi connectivity index (χ1v) is 6.13. The van der Waals surface area contributed by atoms with Crippen molar-refractivity contribution in [1.29, 1.82) is 0 Å². The van der Waals surface area contributed by atoms with Crippen LogP contribution in [-0.2, 0) is 10.7 Å². The van der Waals surface area contributed by atoms with Crippen LogP contribution in [0.25, 0.3) is 0 Å². The SMILES string of the molecule is O=c1[nH]c(=O)n([C@@]2(F)C[C@H](O)[C@@H](CO)O2)cc1I. The van der Waals surface area contributed by atoms with Gasteiger partial charge in [-0.05, 0) is 22.6 Å². The van der Waals surface area contributed by atoms with E-state index in [-0.39, 0.29) is 3.57 Å². The number of rotatable bonds is 2. The van der Waals surface area contributed by atoms with Crippen LogP contribution in [0.5, 0.6) is 0 Å². The van der Waals surface area contributed by atoms with Gasteiger partial charge < -0.3 is 14.9 Å². The number of aromatic nitrogens is 2. The maximum atomic E-state index is 14.4. The largest absolute Gasteiger partial charge is 0.394 e. The summed E-state index contributed by atoms with van der Waals surface area (Å²) in [6, 6.07) is 0. The van der Waals surface area contributed by atoms with E-state index in [0.717, 1.165) is 6.20 Å². The second-order valence-corrected chi connectivity index (χ2v) is 5.07. The average molecular weight is 372 g/mol. The van der Waals surface area contributed by atoms with Crippen molar-refractivity contribution >= 4 is 22.6 Å². The highest BCUT2D eigenvalue weighted by Crippen LogP contribution is 2.35. The Balaban J connectivity index is 2.47. The monoisotopic (exact) mass is 372 g/mol. The van der Waals surface area contributed by atoms with Gasteiger partial charge in [-0.25, -0.2) is 9.36 Å². The van der Waals surface area contributed by atoms with Gasteiger partial charge >= 0.3 is 5.69 Å². The van der Waals surface area contributed by atoms with E-state index in [1.54, 1.807) is 22.6 Å². The summed E-state index contributed by atoms with van der Waals surface area (Å²) in [5.41, 5.74) is -1.61. The van der Waals surface area contributed by atoms with Crippen LogP contribution < -0.4 is 11.2 Å². The van der Waals surface area contributed by atoms with Crippen LogP contribution in [0, 0.1) is 3.57 Å². The van der Waals surface area contributed by atoms with Crippen molar-refractivity contribution in [2.24, 2.45) is 0 Å². The van der Waals surface area contributed by atoms with Crippen molar-refractivity contribution < 1.29 is 19.3 Å². The number of hydrogen-bond donors (Lipinski definition) is 3. The van der Waals surface area contributed by atoms with Crippen LogP contribution in [-0.4, -0.2) is 38.6 Å². The first-order chi connectivity index (χ1) is 8.37. The molecule has 1 aromatic heterocycles. The number of nitrogens with one attached hydrogen (secondary N) is 1. The Kier molecular flexibility index (Phi) is 3.58. The van der Waals surface area contributed by atoms with Gasteiger partial charge in [0.15, 0.2) is 0 Å². The molecule has 100 valence electrons. The average Bonchev–Trinajstić information content (AvgIpc) is 2.59. The molecule has 0 aromatic carbocycles. The van der Waals surface area contributed by atoms with Gasteiger partial charge in [0.1, 0.15) is 6.10 Å². The molecule has 1 saturated heterocycles. The Morgan fingerprint density at radius 2 is 2.33 bits per heavy atom. The lowest BCUT2D eigenvalue weighted by Crippen LogP contribution is -2.42. The van der Waals surface area contributed by atoms with Crippen LogP contribution in [0.3, 0.4) is 0 Å². The van der Waals surface area contributed by atoms with Gasteiger partial charge in [-0.1, -0.05) is 0 Å². The predicted octanol–water partition coefficient (Wildman–Crippen LogP) is -1.14. The second kappa shape index (κ2) is 4.72. The van der Waals surface area contributed by atoms with Crippen molar-refractivity contribution in [2.75, 3.05) is 6.61 Å². The molecule has 0 amide bonds. The molecule has 1 aromatic rings. The van der Waals surface area contributed by atoms with Gasteiger partial charge in [-0.15, -0.1) is 0 Å². The smallest absolute Gasteiger partial charge is 0.332 e. The first-order valence-electron chi connectivity index (χ1n) is 5.05. The molecular formula is C9H10FIN2O5. The van der Waals surface area contributed by atoms with Gasteiger partial charge in [-0.3, -0.25) is 9.78 Å². The fourth-order valence-electron chi connectivity index (χ4n) is 1.76. The van der Waals surface area contributed by atoms with Crippen molar-refractivity contribution in [3.8, 4) is 0 Å². The summed E-state index contributed by atoms with van der Waals surface area (Å²) in [6.45, 7) is -0.567. The van der Waals surface area contributed by atoms with E-state index in [4.69, 9.17) is 9.84 Å². The number of hydrogen-bond acceptors (Lipinski definition) is 5. The molecule has 3 N–H and O–H groups in total. The zero-order valence-electron chi connectivity index (χ0n) is 8.97. The van der Waals surface area contributed by atoms with Crippen LogP contribution in [0.2, 0.25) is 0 Å². The van der Waals surface area contributed by atoms with Gasteiger partial charge in [0, 0.05) is 6.20 Å². The van der Waals surface area contributed by atoms with E-state index in [0.29, 0.717) is 4.57 Å². The molecule has 1 fully saturated rings. The molecule has 7 nitrogen and oxygen atoms in total. The first kappa shape index (κ1) is 13.6. The Bertz CT molecular complexity index is 573. The minimum Gasteiger partial charge on any atom is -0.394 e. The molecule has 0 saturated carbocycles. The highest BCUT2D eigenvalue weighted by molar-refractivity contribution is 14.1. The Morgan fingerprint density at radius 3 is 2.89 bits per heavy atom. The number of aliphatic hydroxyl groups is 2. The van der Waals surface area contributed by atoms with Crippen molar-refractivity contribution in [2.45, 2.75) is 24.6 Å². The third-order valence-electron chi connectivity index (χ3n) is 2.66. The van der Waals surface area contributed by atoms with E-state index in [2.05, 4.69) is 0 Å². The summed E-state index contributed by atoms with van der Waals surface area (Å²) in [5, 5.41) is 18.4. The van der Waals surface area contributed by atoms with Crippen LogP contribution in [0.1, 0.15) is 6.42 Å². The quantitative estimate of drug-likeness (QED) is 0.570. The molecule has 0 aliphatic carbocycles. The fourth-order valence-corrected chi connectivity index (χ4v) is 2.17. The topological polar surface area (TPSA) is 105 Å². The summed E-state index contributed by atoms with van der Waals surface area (Å²) in [7, 11) is 0. The molecule has 0 radical (unpaired) electrons. The molecule has 18 heavy (non-hydrogen) atoms. The maximum absolute atomic E-state index is 14.4. The lowest BCUT2D eigenvalue weighted by molar-refractivity contribution is -0.205. The number of ether oxygens (including phenoxy) is 1. The lowest BCUT2D eigenvalue weighted by Gasteiger charge is -2.21. The summed E-state index contributed by atoms with van der Waals surface area (Å²) >= 11 is 1.64. The molecule has 1 aliphatic rings. The van der Waals surface area contributed by atoms with E-state index in [9.17, 15) is 19.1 Å². The number of halogens is 2. The molecule has 1 aliphatic heterocycles. The predicted molar refractivity (Wildman–Crippen MR) is 65.7 cm³/mol. The lowest BCUT2D eigenvalue weighted by atomic mass is 10.2. The van der Waals surface area contributed by atoms with E-state index in [1.165, 1.54) is 0 Å². The third kappa shape index (κ3) is 2.22. The Morgan fingerprint density at radius 1 is 1.67 bits per heavy atom. The van der Waals surface area contributed by atoms with Gasteiger partial charge in [-0.2, -0.15) is 4.39 Å². The molecule has 0 spiro atoms. The zero-order valence-corrected chi connectivity index (χ0v) is 11.1. The number of aromatic amines is 1.